The predicted octanol–water partition coefficient (Wildman–Crippen LogP) is 2.03. The number of rotatable bonds is 5. The van der Waals surface area contributed by atoms with Gasteiger partial charge in [0.05, 0.1) is 5.75 Å². The summed E-state index contributed by atoms with van der Waals surface area (Å²) >= 11 is 0. The van der Waals surface area contributed by atoms with E-state index in [9.17, 15) is 8.42 Å². The second-order valence-electron chi connectivity index (χ2n) is 3.06. The van der Waals surface area contributed by atoms with Crippen molar-refractivity contribution in [3.8, 4) is 0 Å². The SMILES string of the molecule is CCCCS(=O)(=O)Nc1cc[c]cc1. The summed E-state index contributed by atoms with van der Waals surface area (Å²) in [4.78, 5) is 0. The Kier molecular flexibility index (Phi) is 3.95. The first kappa shape index (κ1) is 11.0. The van der Waals surface area contributed by atoms with Gasteiger partial charge in [-0.3, -0.25) is 4.72 Å². The van der Waals surface area contributed by atoms with Crippen LogP contribution in [0.2, 0.25) is 0 Å². The largest absolute Gasteiger partial charge is 0.284 e. The fourth-order valence-corrected chi connectivity index (χ4v) is 2.29. The lowest BCUT2D eigenvalue weighted by Gasteiger charge is -2.06. The molecule has 0 aliphatic carbocycles. The van der Waals surface area contributed by atoms with Gasteiger partial charge >= 0.3 is 0 Å². The first-order valence-electron chi connectivity index (χ1n) is 4.60. The third-order valence-corrected chi connectivity index (χ3v) is 3.13. The number of anilines is 1. The molecule has 0 atom stereocenters. The molecule has 1 aromatic carbocycles. The molecule has 0 fully saturated rings. The highest BCUT2D eigenvalue weighted by molar-refractivity contribution is 7.92. The minimum absolute atomic E-state index is 0.183. The molecule has 4 heteroatoms. The molecule has 0 aliphatic rings. The maximum absolute atomic E-state index is 11.4. The molecule has 0 aromatic heterocycles. The fourth-order valence-electron chi connectivity index (χ4n) is 1.02. The van der Waals surface area contributed by atoms with E-state index in [1.807, 2.05) is 6.92 Å². The van der Waals surface area contributed by atoms with Gasteiger partial charge in [0.2, 0.25) is 10.0 Å². The molecule has 3 nitrogen and oxygen atoms in total. The first-order valence-corrected chi connectivity index (χ1v) is 6.26. The van der Waals surface area contributed by atoms with Crippen LogP contribution in [-0.4, -0.2) is 14.2 Å². The van der Waals surface area contributed by atoms with Gasteiger partial charge in [0, 0.05) is 5.69 Å². The Bertz CT molecular complexity index is 359. The van der Waals surface area contributed by atoms with Crippen molar-refractivity contribution >= 4 is 15.7 Å². The van der Waals surface area contributed by atoms with Crippen molar-refractivity contribution < 1.29 is 8.42 Å². The lowest BCUT2D eigenvalue weighted by atomic mass is 10.3. The Morgan fingerprint density at radius 1 is 1.36 bits per heavy atom. The minimum atomic E-state index is -3.16. The van der Waals surface area contributed by atoms with Crippen LogP contribution in [0.1, 0.15) is 19.8 Å². The molecular formula is C10H14NO2S. The number of hydrogen-bond acceptors (Lipinski definition) is 2. The zero-order valence-electron chi connectivity index (χ0n) is 8.16. The molecule has 77 valence electrons. The molecule has 0 bridgehead atoms. The zero-order valence-corrected chi connectivity index (χ0v) is 8.97. The lowest BCUT2D eigenvalue weighted by molar-refractivity contribution is 0.598. The summed E-state index contributed by atoms with van der Waals surface area (Å²) in [6.07, 6.45) is 1.57. The summed E-state index contributed by atoms with van der Waals surface area (Å²) in [5.41, 5.74) is 0.597. The van der Waals surface area contributed by atoms with Gasteiger partial charge in [-0.2, -0.15) is 0 Å². The maximum atomic E-state index is 11.4. The van der Waals surface area contributed by atoms with Gasteiger partial charge in [0.1, 0.15) is 0 Å². The maximum Gasteiger partial charge on any atom is 0.232 e. The number of hydrogen-bond donors (Lipinski definition) is 1. The van der Waals surface area contributed by atoms with E-state index in [-0.39, 0.29) is 5.75 Å². The second kappa shape index (κ2) is 5.00. The third kappa shape index (κ3) is 3.79. The highest BCUT2D eigenvalue weighted by Gasteiger charge is 2.08. The Morgan fingerprint density at radius 2 is 2.00 bits per heavy atom. The van der Waals surface area contributed by atoms with Crippen LogP contribution >= 0.6 is 0 Å². The van der Waals surface area contributed by atoms with Crippen LogP contribution in [0.25, 0.3) is 0 Å². The fraction of sp³-hybridized carbons (Fsp3) is 0.400. The van der Waals surface area contributed by atoms with Gasteiger partial charge < -0.3 is 0 Å². The van der Waals surface area contributed by atoms with Gasteiger partial charge in [-0.05, 0) is 24.6 Å². The number of unbranched alkanes of at least 4 members (excludes halogenated alkanes) is 1. The van der Waals surface area contributed by atoms with Gasteiger partial charge in [0.15, 0.2) is 0 Å². The predicted molar refractivity (Wildman–Crippen MR) is 57.6 cm³/mol. The Balaban J connectivity index is 2.60. The van der Waals surface area contributed by atoms with E-state index in [2.05, 4.69) is 10.8 Å². The van der Waals surface area contributed by atoms with Crippen molar-refractivity contribution in [3.63, 3.8) is 0 Å². The van der Waals surface area contributed by atoms with E-state index in [4.69, 9.17) is 0 Å². The molecular weight excluding hydrogens is 198 g/mol. The van der Waals surface area contributed by atoms with Gasteiger partial charge in [-0.1, -0.05) is 25.5 Å². The van der Waals surface area contributed by atoms with E-state index in [0.29, 0.717) is 12.1 Å². The van der Waals surface area contributed by atoms with E-state index in [1.54, 1.807) is 24.3 Å². The van der Waals surface area contributed by atoms with Crippen molar-refractivity contribution in [2.45, 2.75) is 19.8 Å². The van der Waals surface area contributed by atoms with Crippen molar-refractivity contribution in [1.82, 2.24) is 0 Å². The molecule has 14 heavy (non-hydrogen) atoms. The summed E-state index contributed by atoms with van der Waals surface area (Å²) < 4.78 is 25.4. The number of nitrogens with one attached hydrogen (secondary N) is 1. The van der Waals surface area contributed by atoms with E-state index in [0.717, 1.165) is 6.42 Å². The molecule has 0 saturated heterocycles. The molecule has 1 rings (SSSR count). The topological polar surface area (TPSA) is 46.2 Å². The van der Waals surface area contributed by atoms with Crippen molar-refractivity contribution in [1.29, 1.82) is 0 Å². The van der Waals surface area contributed by atoms with Crippen LogP contribution < -0.4 is 4.72 Å². The highest BCUT2D eigenvalue weighted by atomic mass is 32.2. The Hall–Kier alpha value is -1.03. The van der Waals surface area contributed by atoms with Crippen LogP contribution in [0.15, 0.2) is 24.3 Å². The van der Waals surface area contributed by atoms with Crippen molar-refractivity contribution in [3.05, 3.63) is 30.3 Å². The number of sulfonamides is 1. The molecule has 1 N–H and O–H groups in total. The van der Waals surface area contributed by atoms with Crippen LogP contribution in [-0.2, 0) is 10.0 Å². The smallest absolute Gasteiger partial charge is 0.232 e. The Labute approximate surface area is 85.2 Å². The van der Waals surface area contributed by atoms with Crippen LogP contribution in [0, 0.1) is 6.07 Å². The van der Waals surface area contributed by atoms with E-state index >= 15 is 0 Å². The summed E-state index contributed by atoms with van der Waals surface area (Å²) in [6.45, 7) is 1.97. The molecule has 0 saturated carbocycles. The van der Waals surface area contributed by atoms with E-state index < -0.39 is 10.0 Å². The van der Waals surface area contributed by atoms with Crippen LogP contribution in [0.4, 0.5) is 5.69 Å². The average Bonchev–Trinajstić information content (AvgIpc) is 2.16. The highest BCUT2D eigenvalue weighted by Crippen LogP contribution is 2.08. The van der Waals surface area contributed by atoms with E-state index in [1.165, 1.54) is 0 Å². The van der Waals surface area contributed by atoms with Gasteiger partial charge in [0.25, 0.3) is 0 Å². The summed E-state index contributed by atoms with van der Waals surface area (Å²) in [5, 5.41) is 0. The summed E-state index contributed by atoms with van der Waals surface area (Å²) in [6, 6.07) is 9.55. The average molecular weight is 212 g/mol. The van der Waals surface area contributed by atoms with Gasteiger partial charge in [-0.25, -0.2) is 8.42 Å². The normalized spacial score (nSPS) is 11.2. The van der Waals surface area contributed by atoms with Crippen LogP contribution in [0.3, 0.4) is 0 Å². The molecule has 0 aliphatic heterocycles. The Morgan fingerprint density at radius 3 is 2.57 bits per heavy atom. The minimum Gasteiger partial charge on any atom is -0.284 e. The second-order valence-corrected chi connectivity index (χ2v) is 4.91. The summed E-state index contributed by atoms with van der Waals surface area (Å²) in [5.74, 6) is 0.183. The third-order valence-electron chi connectivity index (χ3n) is 1.76. The molecule has 0 heterocycles. The number of benzene rings is 1. The standard InChI is InChI=1S/C10H14NO2S/c1-2-3-9-14(12,13)11-10-7-5-4-6-8-10/h5-8,11H,2-3,9H2,1H3. The molecule has 0 unspecified atom stereocenters. The monoisotopic (exact) mass is 212 g/mol. The molecule has 0 spiro atoms. The van der Waals surface area contributed by atoms with Crippen molar-refractivity contribution in [2.24, 2.45) is 0 Å². The lowest BCUT2D eigenvalue weighted by Crippen LogP contribution is -2.16. The molecule has 0 amide bonds. The zero-order chi connectivity index (χ0) is 10.4. The molecule has 1 radical (unpaired) electrons. The van der Waals surface area contributed by atoms with Gasteiger partial charge in [-0.15, -0.1) is 0 Å². The molecule has 1 aromatic rings. The van der Waals surface area contributed by atoms with Crippen molar-refractivity contribution in [2.75, 3.05) is 10.5 Å². The van der Waals surface area contributed by atoms with Crippen LogP contribution in [0.5, 0.6) is 0 Å². The quantitative estimate of drug-likeness (QED) is 0.811. The summed E-state index contributed by atoms with van der Waals surface area (Å²) in [7, 11) is -3.16. The first-order chi connectivity index (χ1) is 6.64.